The number of amides is 1. The average molecular weight is 446 g/mol. The third kappa shape index (κ3) is 4.67. The van der Waals surface area contributed by atoms with Crippen molar-refractivity contribution in [3.63, 3.8) is 0 Å². The molecule has 2 aromatic carbocycles. The van der Waals surface area contributed by atoms with E-state index >= 15 is 0 Å². The van der Waals surface area contributed by atoms with E-state index in [9.17, 15) is 9.59 Å². The lowest BCUT2D eigenvalue weighted by Crippen LogP contribution is -2.31. The maximum Gasteiger partial charge on any atom is 0.339 e. The molecule has 0 aliphatic carbocycles. The normalized spacial score (nSPS) is 12.0. The van der Waals surface area contributed by atoms with E-state index in [1.807, 2.05) is 74.1 Å². The molecule has 7 heteroatoms. The molecule has 170 valence electrons. The van der Waals surface area contributed by atoms with Gasteiger partial charge in [-0.2, -0.15) is 0 Å². The van der Waals surface area contributed by atoms with E-state index in [4.69, 9.17) is 9.15 Å². The first-order valence-corrected chi connectivity index (χ1v) is 10.8. The molecular weight excluding hydrogens is 418 g/mol. The third-order valence-corrected chi connectivity index (χ3v) is 5.92. The van der Waals surface area contributed by atoms with Crippen LogP contribution in [0.15, 0.2) is 64.1 Å². The van der Waals surface area contributed by atoms with Gasteiger partial charge in [-0.3, -0.25) is 4.79 Å². The summed E-state index contributed by atoms with van der Waals surface area (Å²) in [6.45, 7) is 3.85. The van der Waals surface area contributed by atoms with Crippen molar-refractivity contribution in [2.45, 2.75) is 32.7 Å². The molecule has 0 saturated heterocycles. The molecule has 1 amide bonds. The topological polar surface area (TPSA) is 86.4 Å². The Bertz CT molecular complexity index is 1350. The molecule has 0 aliphatic rings. The van der Waals surface area contributed by atoms with Crippen molar-refractivity contribution in [2.75, 3.05) is 7.11 Å². The first-order valence-electron chi connectivity index (χ1n) is 10.8. The number of hydrogen-bond acceptors (Lipinski definition) is 5. The second kappa shape index (κ2) is 9.32. The number of aromatic nitrogens is 2. The lowest BCUT2D eigenvalue weighted by molar-refractivity contribution is -0.121. The van der Waals surface area contributed by atoms with Gasteiger partial charge in [-0.25, -0.2) is 9.78 Å². The van der Waals surface area contributed by atoms with Crippen LogP contribution in [0, 0.1) is 13.8 Å². The zero-order valence-corrected chi connectivity index (χ0v) is 19.2. The van der Waals surface area contributed by atoms with E-state index in [1.54, 1.807) is 13.3 Å². The molecule has 4 aromatic rings. The minimum absolute atomic E-state index is 0.153. The number of hydrogen-bond donors (Lipinski definition) is 1. The molecule has 2 aromatic heterocycles. The molecule has 1 N–H and O–H groups in total. The number of carbonyl (C=O) groups is 1. The smallest absolute Gasteiger partial charge is 0.339 e. The summed E-state index contributed by atoms with van der Waals surface area (Å²) in [6, 6.07) is 12.9. The molecule has 7 nitrogen and oxygen atoms in total. The van der Waals surface area contributed by atoms with Gasteiger partial charge in [-0.1, -0.05) is 24.3 Å². The third-order valence-electron chi connectivity index (χ3n) is 5.92. The lowest BCUT2D eigenvalue weighted by atomic mass is 10.0. The SMILES string of the molecule is COc1ccc([C@H](NC(=O)CCc2c(C)c3ccc(C)cc3oc2=O)c2nccn2C)cc1. The van der Waals surface area contributed by atoms with Crippen molar-refractivity contribution in [1.29, 1.82) is 0 Å². The minimum atomic E-state index is -0.430. The van der Waals surface area contributed by atoms with Crippen LogP contribution >= 0.6 is 0 Å². The summed E-state index contributed by atoms with van der Waals surface area (Å²) in [5.74, 6) is 1.27. The van der Waals surface area contributed by atoms with Crippen LogP contribution in [0.25, 0.3) is 11.0 Å². The Balaban J connectivity index is 1.55. The predicted octanol–water partition coefficient (Wildman–Crippen LogP) is 3.99. The Morgan fingerprint density at radius 1 is 1.18 bits per heavy atom. The average Bonchev–Trinajstić information content (AvgIpc) is 3.22. The molecule has 0 bridgehead atoms. The Kier molecular flexibility index (Phi) is 6.31. The molecule has 4 rings (SSSR count). The highest BCUT2D eigenvalue weighted by Crippen LogP contribution is 2.24. The predicted molar refractivity (Wildman–Crippen MR) is 126 cm³/mol. The maximum absolute atomic E-state index is 13.0. The van der Waals surface area contributed by atoms with Gasteiger partial charge in [0.25, 0.3) is 0 Å². The van der Waals surface area contributed by atoms with Crippen LogP contribution in [0.1, 0.15) is 40.5 Å². The number of carbonyl (C=O) groups excluding carboxylic acids is 1. The van der Waals surface area contributed by atoms with Crippen molar-refractivity contribution in [3.05, 3.63) is 93.4 Å². The van der Waals surface area contributed by atoms with Crippen LogP contribution in [-0.4, -0.2) is 22.6 Å². The summed E-state index contributed by atoms with van der Waals surface area (Å²) < 4.78 is 12.6. The van der Waals surface area contributed by atoms with Gasteiger partial charge in [0.15, 0.2) is 0 Å². The van der Waals surface area contributed by atoms with Crippen molar-refractivity contribution >= 4 is 16.9 Å². The highest BCUT2D eigenvalue weighted by Gasteiger charge is 2.21. The first-order chi connectivity index (χ1) is 15.9. The number of imidazole rings is 1. The van der Waals surface area contributed by atoms with Crippen LogP contribution in [0.2, 0.25) is 0 Å². The van der Waals surface area contributed by atoms with Crippen molar-refractivity contribution in [3.8, 4) is 5.75 Å². The molecule has 0 spiro atoms. The quantitative estimate of drug-likeness (QED) is 0.435. The van der Waals surface area contributed by atoms with E-state index in [1.165, 1.54) is 0 Å². The van der Waals surface area contributed by atoms with Gasteiger partial charge in [0.1, 0.15) is 23.2 Å². The second-order valence-corrected chi connectivity index (χ2v) is 8.16. The highest BCUT2D eigenvalue weighted by molar-refractivity contribution is 5.82. The van der Waals surface area contributed by atoms with Gasteiger partial charge in [-0.05, 0) is 55.2 Å². The van der Waals surface area contributed by atoms with Crippen LogP contribution in [0.4, 0.5) is 0 Å². The van der Waals surface area contributed by atoms with E-state index in [0.717, 1.165) is 27.8 Å². The summed E-state index contributed by atoms with van der Waals surface area (Å²) >= 11 is 0. The summed E-state index contributed by atoms with van der Waals surface area (Å²) in [7, 11) is 3.50. The molecule has 0 aliphatic heterocycles. The van der Waals surface area contributed by atoms with E-state index in [0.29, 0.717) is 23.4 Å². The number of ether oxygens (including phenoxy) is 1. The number of fused-ring (bicyclic) bond motifs is 1. The van der Waals surface area contributed by atoms with Crippen LogP contribution in [0.3, 0.4) is 0 Å². The molecule has 0 unspecified atom stereocenters. The molecule has 0 fully saturated rings. The largest absolute Gasteiger partial charge is 0.497 e. The first kappa shape index (κ1) is 22.3. The zero-order valence-electron chi connectivity index (χ0n) is 19.2. The van der Waals surface area contributed by atoms with Gasteiger partial charge in [0.2, 0.25) is 5.91 Å². The number of rotatable bonds is 7. The molecule has 0 radical (unpaired) electrons. The number of nitrogens with zero attached hydrogens (tertiary/aromatic N) is 2. The Morgan fingerprint density at radius 3 is 2.61 bits per heavy atom. The van der Waals surface area contributed by atoms with Gasteiger partial charge in [0.05, 0.1) is 7.11 Å². The Labute approximate surface area is 192 Å². The fourth-order valence-corrected chi connectivity index (χ4v) is 4.01. The van der Waals surface area contributed by atoms with E-state index in [-0.39, 0.29) is 12.3 Å². The Hall–Kier alpha value is -3.87. The van der Waals surface area contributed by atoms with Crippen LogP contribution < -0.4 is 15.7 Å². The number of nitrogens with one attached hydrogen (secondary N) is 1. The standard InChI is InChI=1S/C26H27N3O4/c1-16-5-10-20-17(2)21(26(31)33-22(20)15-16)11-12-23(30)28-24(25-27-13-14-29(25)3)18-6-8-19(32-4)9-7-18/h5-10,13-15,24H,11-12H2,1-4H3,(H,28,30)/t24-/m0/s1. The van der Waals surface area contributed by atoms with Gasteiger partial charge < -0.3 is 19.0 Å². The Morgan fingerprint density at radius 2 is 1.94 bits per heavy atom. The molecule has 1 atom stereocenters. The van der Waals surface area contributed by atoms with Gasteiger partial charge in [0, 0.05) is 36.8 Å². The van der Waals surface area contributed by atoms with Crippen LogP contribution in [0.5, 0.6) is 5.75 Å². The lowest BCUT2D eigenvalue weighted by Gasteiger charge is -2.19. The summed E-state index contributed by atoms with van der Waals surface area (Å²) in [5.41, 5.74) is 3.46. The van der Waals surface area contributed by atoms with Crippen molar-refractivity contribution in [2.24, 2.45) is 7.05 Å². The molecule has 2 heterocycles. The fraction of sp³-hybridized carbons (Fsp3) is 0.269. The van der Waals surface area contributed by atoms with E-state index < -0.39 is 11.7 Å². The summed E-state index contributed by atoms with van der Waals surface area (Å²) in [6.07, 6.45) is 3.98. The number of aryl methyl sites for hydroxylation is 3. The van der Waals surface area contributed by atoms with Crippen molar-refractivity contribution in [1.82, 2.24) is 14.9 Å². The minimum Gasteiger partial charge on any atom is -0.497 e. The van der Waals surface area contributed by atoms with Crippen molar-refractivity contribution < 1.29 is 13.9 Å². The van der Waals surface area contributed by atoms with E-state index in [2.05, 4.69) is 10.3 Å². The number of methoxy groups -OCH3 is 1. The van der Waals surface area contributed by atoms with Gasteiger partial charge >= 0.3 is 5.63 Å². The van der Waals surface area contributed by atoms with Gasteiger partial charge in [-0.15, -0.1) is 0 Å². The molecular formula is C26H27N3O4. The summed E-state index contributed by atoms with van der Waals surface area (Å²) in [5, 5.41) is 3.96. The molecule has 33 heavy (non-hydrogen) atoms. The highest BCUT2D eigenvalue weighted by atomic mass is 16.5. The maximum atomic E-state index is 13.0. The van der Waals surface area contributed by atoms with Crippen LogP contribution in [-0.2, 0) is 18.3 Å². The second-order valence-electron chi connectivity index (χ2n) is 8.16. The monoisotopic (exact) mass is 445 g/mol. The summed E-state index contributed by atoms with van der Waals surface area (Å²) in [4.78, 5) is 30.0. The molecule has 0 saturated carbocycles. The number of benzene rings is 2. The fourth-order valence-electron chi connectivity index (χ4n) is 4.01. The zero-order chi connectivity index (χ0) is 23.5.